The Kier molecular flexibility index (Phi) is 5.35. The molecule has 0 amide bonds. The minimum absolute atomic E-state index is 0.203. The van der Waals surface area contributed by atoms with Gasteiger partial charge < -0.3 is 14.2 Å². The molecule has 0 bridgehead atoms. The van der Waals surface area contributed by atoms with Gasteiger partial charge in [-0.2, -0.15) is 0 Å². The maximum atomic E-state index is 13.2. The zero-order valence-electron chi connectivity index (χ0n) is 16.4. The first-order chi connectivity index (χ1) is 13.7. The molecule has 146 valence electrons. The van der Waals surface area contributed by atoms with Crippen molar-refractivity contribution in [1.29, 1.82) is 0 Å². The van der Waals surface area contributed by atoms with Crippen LogP contribution in [-0.2, 0) is 13.6 Å². The number of aromatic nitrogens is 1. The highest BCUT2D eigenvalue weighted by molar-refractivity contribution is 5.61. The molecule has 3 aromatic rings. The lowest BCUT2D eigenvalue weighted by molar-refractivity contribution is 0.244. The molecule has 0 radical (unpaired) electrons. The van der Waals surface area contributed by atoms with Crippen LogP contribution in [0, 0.1) is 5.82 Å². The maximum absolute atomic E-state index is 13.2. The van der Waals surface area contributed by atoms with Crippen LogP contribution < -0.4 is 9.64 Å². The van der Waals surface area contributed by atoms with Crippen molar-refractivity contribution in [3.8, 4) is 17.0 Å². The molecule has 1 fully saturated rings. The highest BCUT2D eigenvalue weighted by Crippen LogP contribution is 2.29. The van der Waals surface area contributed by atoms with Crippen molar-refractivity contribution in [3.05, 3.63) is 72.2 Å². The topological polar surface area (TPSA) is 20.6 Å². The van der Waals surface area contributed by atoms with Gasteiger partial charge in [-0.1, -0.05) is 12.1 Å². The second-order valence-corrected chi connectivity index (χ2v) is 7.21. The summed E-state index contributed by atoms with van der Waals surface area (Å²) < 4.78 is 20.9. The summed E-state index contributed by atoms with van der Waals surface area (Å²) in [5.74, 6) is 0.730. The molecule has 2 heterocycles. The summed E-state index contributed by atoms with van der Waals surface area (Å²) in [6.45, 7) is 4.90. The van der Waals surface area contributed by atoms with E-state index in [2.05, 4.69) is 45.7 Å². The van der Waals surface area contributed by atoms with Crippen LogP contribution in [0.5, 0.6) is 5.75 Å². The zero-order chi connectivity index (χ0) is 19.5. The molecular weight excluding hydrogens is 353 g/mol. The molecular formula is C23H26FN3O. The van der Waals surface area contributed by atoms with Gasteiger partial charge in [0.1, 0.15) is 11.6 Å². The van der Waals surface area contributed by atoms with E-state index in [4.69, 9.17) is 4.74 Å². The third-order valence-electron chi connectivity index (χ3n) is 5.55. The largest absolute Gasteiger partial charge is 0.495 e. The van der Waals surface area contributed by atoms with Gasteiger partial charge in [0.15, 0.2) is 0 Å². The second-order valence-electron chi connectivity index (χ2n) is 7.21. The minimum atomic E-state index is -0.203. The summed E-state index contributed by atoms with van der Waals surface area (Å²) >= 11 is 0. The first kappa shape index (κ1) is 18.6. The van der Waals surface area contributed by atoms with Crippen molar-refractivity contribution in [2.24, 2.45) is 7.05 Å². The smallest absolute Gasteiger partial charge is 0.142 e. The first-order valence-corrected chi connectivity index (χ1v) is 9.66. The van der Waals surface area contributed by atoms with E-state index >= 15 is 0 Å². The predicted octanol–water partition coefficient (Wildman–Crippen LogP) is 4.16. The van der Waals surface area contributed by atoms with E-state index in [1.807, 2.05) is 24.3 Å². The highest BCUT2D eigenvalue weighted by Gasteiger charge is 2.20. The van der Waals surface area contributed by atoms with E-state index in [0.717, 1.165) is 49.7 Å². The Morgan fingerprint density at radius 3 is 2.32 bits per heavy atom. The Morgan fingerprint density at radius 1 is 0.893 bits per heavy atom. The number of rotatable bonds is 5. The van der Waals surface area contributed by atoms with Crippen LogP contribution in [0.1, 0.15) is 5.69 Å². The summed E-state index contributed by atoms with van der Waals surface area (Å²) in [7, 11) is 3.81. The molecule has 0 atom stereocenters. The lowest BCUT2D eigenvalue weighted by Gasteiger charge is -2.36. The van der Waals surface area contributed by atoms with Crippen LogP contribution >= 0.6 is 0 Å². The van der Waals surface area contributed by atoms with Gasteiger partial charge in [-0.25, -0.2) is 4.39 Å². The van der Waals surface area contributed by atoms with Crippen LogP contribution in [0.25, 0.3) is 11.3 Å². The number of benzene rings is 2. The average Bonchev–Trinajstić information content (AvgIpc) is 3.09. The molecule has 0 aliphatic carbocycles. The average molecular weight is 379 g/mol. The van der Waals surface area contributed by atoms with E-state index in [9.17, 15) is 4.39 Å². The Bertz CT molecular complexity index is 927. The third kappa shape index (κ3) is 3.76. The van der Waals surface area contributed by atoms with Gasteiger partial charge in [-0.15, -0.1) is 0 Å². The van der Waals surface area contributed by atoms with Gasteiger partial charge in [-0.05, 0) is 54.1 Å². The number of hydrogen-bond donors (Lipinski definition) is 0. The summed E-state index contributed by atoms with van der Waals surface area (Å²) in [4.78, 5) is 4.87. The molecule has 1 saturated heterocycles. The number of nitrogens with zero attached hydrogens (tertiary/aromatic N) is 3. The first-order valence-electron chi connectivity index (χ1n) is 9.66. The summed E-state index contributed by atoms with van der Waals surface area (Å²) in [5, 5.41) is 0. The Hall–Kier alpha value is -2.79. The fourth-order valence-electron chi connectivity index (χ4n) is 3.89. The Labute approximate surface area is 165 Å². The van der Waals surface area contributed by atoms with Crippen LogP contribution in [0.2, 0.25) is 0 Å². The van der Waals surface area contributed by atoms with Gasteiger partial charge in [0.05, 0.1) is 12.8 Å². The van der Waals surface area contributed by atoms with Gasteiger partial charge >= 0.3 is 0 Å². The predicted molar refractivity (Wildman–Crippen MR) is 111 cm³/mol. The highest BCUT2D eigenvalue weighted by atomic mass is 19.1. The normalized spacial score (nSPS) is 15.0. The van der Waals surface area contributed by atoms with Crippen molar-refractivity contribution in [3.63, 3.8) is 0 Å². The van der Waals surface area contributed by atoms with Gasteiger partial charge in [0.25, 0.3) is 0 Å². The van der Waals surface area contributed by atoms with Crippen LogP contribution in [0.4, 0.5) is 10.1 Å². The Morgan fingerprint density at radius 2 is 1.61 bits per heavy atom. The van der Waals surface area contributed by atoms with E-state index < -0.39 is 0 Å². The molecule has 4 nitrogen and oxygen atoms in total. The molecule has 4 rings (SSSR count). The fraction of sp³-hybridized carbons (Fsp3) is 0.304. The summed E-state index contributed by atoms with van der Waals surface area (Å²) in [5.41, 5.74) is 4.59. The molecule has 28 heavy (non-hydrogen) atoms. The molecule has 0 spiro atoms. The van der Waals surface area contributed by atoms with Crippen molar-refractivity contribution in [2.75, 3.05) is 38.2 Å². The maximum Gasteiger partial charge on any atom is 0.142 e. The molecule has 2 aromatic carbocycles. The lowest BCUT2D eigenvalue weighted by Crippen LogP contribution is -2.46. The van der Waals surface area contributed by atoms with E-state index in [1.165, 1.54) is 23.5 Å². The monoisotopic (exact) mass is 379 g/mol. The molecule has 1 aliphatic rings. The number of piperazine rings is 1. The zero-order valence-corrected chi connectivity index (χ0v) is 16.4. The SMILES string of the molecule is COc1ccccc1N1CCN(Cc2ccc(-c3ccc(F)cc3)n2C)CC1. The van der Waals surface area contributed by atoms with E-state index in [-0.39, 0.29) is 5.82 Å². The van der Waals surface area contributed by atoms with Crippen molar-refractivity contribution in [1.82, 2.24) is 9.47 Å². The summed E-state index contributed by atoms with van der Waals surface area (Å²) in [6.07, 6.45) is 0. The molecule has 0 unspecified atom stereocenters. The van der Waals surface area contributed by atoms with E-state index in [1.54, 1.807) is 7.11 Å². The van der Waals surface area contributed by atoms with Crippen LogP contribution in [0.3, 0.4) is 0 Å². The standard InChI is InChI=1S/C23H26FN3O/c1-25-20(11-12-21(25)18-7-9-19(24)10-8-18)17-26-13-15-27(16-14-26)22-5-3-4-6-23(22)28-2/h3-12H,13-17H2,1-2H3. The summed E-state index contributed by atoms with van der Waals surface area (Å²) in [6, 6.07) is 19.2. The molecule has 0 saturated carbocycles. The van der Waals surface area contributed by atoms with Gasteiger partial charge in [-0.3, -0.25) is 4.90 Å². The number of methoxy groups -OCH3 is 1. The fourth-order valence-corrected chi connectivity index (χ4v) is 3.89. The lowest BCUT2D eigenvalue weighted by atomic mass is 10.1. The number of para-hydroxylation sites is 2. The molecule has 0 N–H and O–H groups in total. The van der Waals surface area contributed by atoms with Gasteiger partial charge in [0, 0.05) is 51.2 Å². The number of halogens is 1. The second kappa shape index (κ2) is 8.07. The quantitative estimate of drug-likeness (QED) is 0.664. The van der Waals surface area contributed by atoms with Crippen LogP contribution in [-0.4, -0.2) is 42.8 Å². The van der Waals surface area contributed by atoms with Crippen LogP contribution in [0.15, 0.2) is 60.7 Å². The number of ether oxygens (including phenoxy) is 1. The van der Waals surface area contributed by atoms with Crippen molar-refractivity contribution in [2.45, 2.75) is 6.54 Å². The number of hydrogen-bond acceptors (Lipinski definition) is 3. The molecule has 1 aromatic heterocycles. The van der Waals surface area contributed by atoms with Crippen molar-refractivity contribution >= 4 is 5.69 Å². The molecule has 1 aliphatic heterocycles. The van der Waals surface area contributed by atoms with E-state index in [0.29, 0.717) is 0 Å². The molecule has 5 heteroatoms. The Balaban J connectivity index is 1.41. The number of anilines is 1. The minimum Gasteiger partial charge on any atom is -0.495 e. The van der Waals surface area contributed by atoms with Crippen molar-refractivity contribution < 1.29 is 9.13 Å². The van der Waals surface area contributed by atoms with Gasteiger partial charge in [0.2, 0.25) is 0 Å². The third-order valence-corrected chi connectivity index (χ3v) is 5.55.